The molecule has 17 heavy (non-hydrogen) atoms. The number of nitrogens with zero attached hydrogens (tertiary/aromatic N) is 2. The van der Waals surface area contributed by atoms with E-state index < -0.39 is 0 Å². The molecule has 0 amide bonds. The molecule has 3 aromatic rings. The molecular formula is C13H11N3O. The van der Waals surface area contributed by atoms with Crippen LogP contribution in [0.4, 0.5) is 0 Å². The third-order valence-corrected chi connectivity index (χ3v) is 2.73. The van der Waals surface area contributed by atoms with Crippen LogP contribution in [0.25, 0.3) is 22.3 Å². The maximum absolute atomic E-state index is 9.12. The summed E-state index contributed by atoms with van der Waals surface area (Å²) in [6.45, 7) is 0.0239. The highest BCUT2D eigenvalue weighted by atomic mass is 16.3. The number of aromatic amines is 1. The quantitative estimate of drug-likeness (QED) is 0.702. The predicted octanol–water partition coefficient (Wildman–Crippen LogP) is 2.12. The summed E-state index contributed by atoms with van der Waals surface area (Å²) < 4.78 is 0. The number of rotatable bonds is 2. The summed E-state index contributed by atoms with van der Waals surface area (Å²) in [6, 6.07) is 7.59. The molecule has 0 aliphatic rings. The SMILES string of the molecule is OCc1ccnc(-c2c[nH]c3ncccc23)c1. The van der Waals surface area contributed by atoms with Crippen molar-refractivity contribution in [3.63, 3.8) is 0 Å². The minimum atomic E-state index is 0.0239. The van der Waals surface area contributed by atoms with Gasteiger partial charge in [0.1, 0.15) is 5.65 Å². The second-order valence-electron chi connectivity index (χ2n) is 3.81. The highest BCUT2D eigenvalue weighted by Gasteiger charge is 2.07. The molecule has 0 saturated heterocycles. The zero-order valence-electron chi connectivity index (χ0n) is 9.09. The van der Waals surface area contributed by atoms with E-state index >= 15 is 0 Å². The average molecular weight is 225 g/mol. The molecule has 4 nitrogen and oxygen atoms in total. The topological polar surface area (TPSA) is 61.8 Å². The van der Waals surface area contributed by atoms with Gasteiger partial charge in [-0.25, -0.2) is 4.98 Å². The molecule has 3 rings (SSSR count). The van der Waals surface area contributed by atoms with Crippen LogP contribution in [0.3, 0.4) is 0 Å². The summed E-state index contributed by atoms with van der Waals surface area (Å²) in [5.74, 6) is 0. The number of aliphatic hydroxyl groups is 1. The van der Waals surface area contributed by atoms with Crippen LogP contribution in [0, 0.1) is 0 Å². The van der Waals surface area contributed by atoms with Crippen molar-refractivity contribution in [2.24, 2.45) is 0 Å². The van der Waals surface area contributed by atoms with Gasteiger partial charge in [-0.05, 0) is 29.8 Å². The second kappa shape index (κ2) is 3.99. The van der Waals surface area contributed by atoms with Crippen LogP contribution in [0.2, 0.25) is 0 Å². The van der Waals surface area contributed by atoms with Crippen LogP contribution < -0.4 is 0 Å². The number of pyridine rings is 2. The molecule has 0 aromatic carbocycles. The molecule has 0 fully saturated rings. The first-order chi connectivity index (χ1) is 8.38. The first-order valence-electron chi connectivity index (χ1n) is 5.37. The van der Waals surface area contributed by atoms with Crippen LogP contribution in [0.15, 0.2) is 42.9 Å². The number of hydrogen-bond acceptors (Lipinski definition) is 3. The molecule has 3 aromatic heterocycles. The highest BCUT2D eigenvalue weighted by Crippen LogP contribution is 2.26. The molecule has 2 N–H and O–H groups in total. The van der Waals surface area contributed by atoms with Crippen molar-refractivity contribution in [2.75, 3.05) is 0 Å². The Hall–Kier alpha value is -2.20. The number of hydrogen-bond donors (Lipinski definition) is 2. The minimum Gasteiger partial charge on any atom is -0.392 e. The zero-order valence-corrected chi connectivity index (χ0v) is 9.09. The monoisotopic (exact) mass is 225 g/mol. The number of H-pyrrole nitrogens is 1. The smallest absolute Gasteiger partial charge is 0.137 e. The highest BCUT2D eigenvalue weighted by molar-refractivity contribution is 5.92. The number of nitrogens with one attached hydrogen (secondary N) is 1. The van der Waals surface area contributed by atoms with Gasteiger partial charge in [-0.1, -0.05) is 0 Å². The van der Waals surface area contributed by atoms with Crippen LogP contribution in [-0.2, 0) is 6.61 Å². The van der Waals surface area contributed by atoms with E-state index in [4.69, 9.17) is 5.11 Å². The Morgan fingerprint density at radius 3 is 3.00 bits per heavy atom. The van der Waals surface area contributed by atoms with Gasteiger partial charge in [0.15, 0.2) is 0 Å². The number of fused-ring (bicyclic) bond motifs is 1. The van der Waals surface area contributed by atoms with Crippen LogP contribution in [0.5, 0.6) is 0 Å². The maximum atomic E-state index is 9.12. The first-order valence-corrected chi connectivity index (χ1v) is 5.37. The molecule has 0 aliphatic heterocycles. The lowest BCUT2D eigenvalue weighted by molar-refractivity contribution is 0.282. The normalized spacial score (nSPS) is 10.9. The largest absolute Gasteiger partial charge is 0.392 e. The lowest BCUT2D eigenvalue weighted by atomic mass is 10.1. The Kier molecular flexibility index (Phi) is 2.34. The van der Waals surface area contributed by atoms with Gasteiger partial charge >= 0.3 is 0 Å². The van der Waals surface area contributed by atoms with Crippen molar-refractivity contribution in [2.45, 2.75) is 6.61 Å². The second-order valence-corrected chi connectivity index (χ2v) is 3.81. The van der Waals surface area contributed by atoms with Crippen molar-refractivity contribution in [3.8, 4) is 11.3 Å². The third-order valence-electron chi connectivity index (χ3n) is 2.73. The van der Waals surface area contributed by atoms with E-state index in [-0.39, 0.29) is 6.61 Å². The molecule has 0 bridgehead atoms. The van der Waals surface area contributed by atoms with Gasteiger partial charge in [-0.3, -0.25) is 4.98 Å². The summed E-state index contributed by atoms with van der Waals surface area (Å²) in [5.41, 5.74) is 3.55. The number of aliphatic hydroxyl groups excluding tert-OH is 1. The summed E-state index contributed by atoms with van der Waals surface area (Å²) in [7, 11) is 0. The van der Waals surface area contributed by atoms with E-state index in [1.54, 1.807) is 18.5 Å². The Balaban J connectivity index is 2.20. The Bertz CT molecular complexity index is 660. The van der Waals surface area contributed by atoms with Gasteiger partial charge in [-0.15, -0.1) is 0 Å². The fourth-order valence-electron chi connectivity index (χ4n) is 1.89. The molecule has 84 valence electrons. The Labute approximate surface area is 98.0 Å². The molecule has 0 spiro atoms. The van der Waals surface area contributed by atoms with Crippen molar-refractivity contribution in [1.82, 2.24) is 15.0 Å². The van der Waals surface area contributed by atoms with E-state index in [1.807, 2.05) is 24.4 Å². The Morgan fingerprint density at radius 2 is 2.12 bits per heavy atom. The van der Waals surface area contributed by atoms with Gasteiger partial charge in [0.05, 0.1) is 12.3 Å². The molecule has 0 radical (unpaired) electrons. The molecule has 3 heterocycles. The average Bonchev–Trinajstić information content (AvgIpc) is 2.82. The van der Waals surface area contributed by atoms with E-state index in [0.29, 0.717) is 0 Å². The standard InChI is InChI=1S/C13H11N3O/c17-8-9-3-5-14-12(6-9)11-7-16-13-10(11)2-1-4-15-13/h1-7,17H,8H2,(H,15,16). The third kappa shape index (κ3) is 1.68. The van der Waals surface area contributed by atoms with Crippen molar-refractivity contribution >= 4 is 11.0 Å². The predicted molar refractivity (Wildman–Crippen MR) is 65.2 cm³/mol. The minimum absolute atomic E-state index is 0.0239. The summed E-state index contributed by atoms with van der Waals surface area (Å²) >= 11 is 0. The molecule has 4 heteroatoms. The van der Waals surface area contributed by atoms with E-state index in [9.17, 15) is 0 Å². The Morgan fingerprint density at radius 1 is 1.18 bits per heavy atom. The van der Waals surface area contributed by atoms with Gasteiger partial charge in [0.25, 0.3) is 0 Å². The van der Waals surface area contributed by atoms with Gasteiger partial charge in [-0.2, -0.15) is 0 Å². The fraction of sp³-hybridized carbons (Fsp3) is 0.0769. The first kappa shape index (κ1) is 9.99. The van der Waals surface area contributed by atoms with Crippen molar-refractivity contribution < 1.29 is 5.11 Å². The summed E-state index contributed by atoms with van der Waals surface area (Å²) in [6.07, 6.45) is 5.34. The zero-order chi connectivity index (χ0) is 11.7. The van der Waals surface area contributed by atoms with Gasteiger partial charge in [0, 0.05) is 29.5 Å². The van der Waals surface area contributed by atoms with Gasteiger partial charge in [0.2, 0.25) is 0 Å². The van der Waals surface area contributed by atoms with Crippen LogP contribution in [-0.4, -0.2) is 20.1 Å². The van der Waals surface area contributed by atoms with Gasteiger partial charge < -0.3 is 10.1 Å². The molecular weight excluding hydrogens is 214 g/mol. The lowest BCUT2D eigenvalue weighted by Crippen LogP contribution is -1.87. The summed E-state index contributed by atoms with van der Waals surface area (Å²) in [5, 5.41) is 10.2. The van der Waals surface area contributed by atoms with E-state index in [2.05, 4.69) is 15.0 Å². The molecule has 0 atom stereocenters. The lowest BCUT2D eigenvalue weighted by Gasteiger charge is -2.00. The maximum Gasteiger partial charge on any atom is 0.137 e. The fourth-order valence-corrected chi connectivity index (χ4v) is 1.89. The summed E-state index contributed by atoms with van der Waals surface area (Å²) in [4.78, 5) is 11.7. The van der Waals surface area contributed by atoms with Crippen LogP contribution >= 0.6 is 0 Å². The van der Waals surface area contributed by atoms with Crippen molar-refractivity contribution in [1.29, 1.82) is 0 Å². The molecule has 0 unspecified atom stereocenters. The van der Waals surface area contributed by atoms with E-state index in [0.717, 1.165) is 27.9 Å². The van der Waals surface area contributed by atoms with Crippen LogP contribution in [0.1, 0.15) is 5.56 Å². The van der Waals surface area contributed by atoms with Crippen molar-refractivity contribution in [3.05, 3.63) is 48.4 Å². The number of aromatic nitrogens is 3. The molecule has 0 saturated carbocycles. The molecule has 0 aliphatic carbocycles. The van der Waals surface area contributed by atoms with E-state index in [1.165, 1.54) is 0 Å².